The van der Waals surface area contributed by atoms with Gasteiger partial charge in [0, 0.05) is 0 Å². The molecule has 0 saturated carbocycles. The van der Waals surface area contributed by atoms with Crippen LogP contribution in [0.15, 0.2) is 0 Å². The molecule has 0 aliphatic rings. The molecule has 0 spiro atoms. The Morgan fingerprint density at radius 3 is 2.17 bits per heavy atom. The number of alkyl halides is 1. The zero-order valence-electron chi connectivity index (χ0n) is 6.22. The highest BCUT2D eigenvalue weighted by Crippen LogP contribution is 2.05. The lowest BCUT2D eigenvalue weighted by Gasteiger charge is -2.17. The zero-order valence-corrected chi connectivity index (χ0v) is 6.22. The summed E-state index contributed by atoms with van der Waals surface area (Å²) in [5, 5.41) is 33.8. The van der Waals surface area contributed by atoms with Crippen LogP contribution in [-0.2, 0) is 4.79 Å². The van der Waals surface area contributed by atoms with Gasteiger partial charge >= 0.3 is 0 Å². The molecular weight excluding hydrogens is 171 g/mol. The van der Waals surface area contributed by atoms with Crippen LogP contribution >= 0.6 is 0 Å². The number of carbonyl (C=O) groups is 1. The van der Waals surface area contributed by atoms with Gasteiger partial charge in [0.1, 0.15) is 18.8 Å². The molecule has 72 valence electrons. The molecule has 0 aromatic heterocycles. The van der Waals surface area contributed by atoms with Gasteiger partial charge in [-0.15, -0.1) is 0 Å². The van der Waals surface area contributed by atoms with Gasteiger partial charge in [0.05, 0.1) is 6.61 Å². The fourth-order valence-electron chi connectivity index (χ4n) is 0.582. The summed E-state index contributed by atoms with van der Waals surface area (Å²) in [5.74, 6) is -1.13. The standard InChI is InChI=1S/C6H11FO5/c7-5(3(10)1-8)6(12)4(11)2-9/h3,5-6,8-10,12H,1-2H2. The van der Waals surface area contributed by atoms with E-state index in [-0.39, 0.29) is 0 Å². The fraction of sp³-hybridized carbons (Fsp3) is 0.833. The molecule has 0 fully saturated rings. The number of carbonyl (C=O) groups excluding carboxylic acids is 1. The minimum absolute atomic E-state index is 0.892. The number of halogens is 1. The van der Waals surface area contributed by atoms with Gasteiger partial charge in [-0.05, 0) is 0 Å². The summed E-state index contributed by atoms with van der Waals surface area (Å²) in [6, 6.07) is 0. The molecule has 0 aromatic carbocycles. The topological polar surface area (TPSA) is 98.0 Å². The molecule has 5 nitrogen and oxygen atoms in total. The van der Waals surface area contributed by atoms with E-state index in [1.165, 1.54) is 0 Å². The van der Waals surface area contributed by atoms with Crippen LogP contribution in [0.1, 0.15) is 0 Å². The number of ketones is 1. The van der Waals surface area contributed by atoms with Crippen LogP contribution in [-0.4, -0.2) is 57.8 Å². The van der Waals surface area contributed by atoms with Gasteiger partial charge in [-0.1, -0.05) is 0 Å². The monoisotopic (exact) mass is 182 g/mol. The van der Waals surface area contributed by atoms with Crippen molar-refractivity contribution >= 4 is 5.78 Å². The number of hydrogen-bond acceptors (Lipinski definition) is 5. The molecule has 4 N–H and O–H groups in total. The molecule has 6 heteroatoms. The van der Waals surface area contributed by atoms with E-state index in [2.05, 4.69) is 0 Å². The summed E-state index contributed by atoms with van der Waals surface area (Å²) >= 11 is 0. The summed E-state index contributed by atoms with van der Waals surface area (Å²) in [7, 11) is 0. The van der Waals surface area contributed by atoms with Crippen molar-refractivity contribution in [1.82, 2.24) is 0 Å². The van der Waals surface area contributed by atoms with Gasteiger partial charge in [-0.25, -0.2) is 4.39 Å². The third-order valence-electron chi connectivity index (χ3n) is 1.34. The van der Waals surface area contributed by atoms with Crippen molar-refractivity contribution in [3.05, 3.63) is 0 Å². The molecule has 0 aliphatic heterocycles. The van der Waals surface area contributed by atoms with Crippen molar-refractivity contribution in [2.24, 2.45) is 0 Å². The predicted octanol–water partition coefficient (Wildman–Crippen LogP) is -2.40. The molecule has 0 heterocycles. The lowest BCUT2D eigenvalue weighted by molar-refractivity contribution is -0.137. The quantitative estimate of drug-likeness (QED) is 0.380. The average Bonchev–Trinajstić information content (AvgIpc) is 2.12. The van der Waals surface area contributed by atoms with E-state index in [1.54, 1.807) is 0 Å². The van der Waals surface area contributed by atoms with Gasteiger partial charge in [0.15, 0.2) is 12.0 Å². The minimum atomic E-state index is -2.27. The summed E-state index contributed by atoms with van der Waals surface area (Å²) in [5.41, 5.74) is 0. The van der Waals surface area contributed by atoms with Crippen molar-refractivity contribution in [3.8, 4) is 0 Å². The third kappa shape index (κ3) is 2.82. The van der Waals surface area contributed by atoms with E-state index in [4.69, 9.17) is 20.4 Å². The largest absolute Gasteiger partial charge is 0.394 e. The molecule has 0 bridgehead atoms. The fourth-order valence-corrected chi connectivity index (χ4v) is 0.582. The first kappa shape index (κ1) is 11.4. The Bertz CT molecular complexity index is 151. The molecule has 0 rings (SSSR count). The van der Waals surface area contributed by atoms with Crippen LogP contribution < -0.4 is 0 Å². The van der Waals surface area contributed by atoms with Gasteiger partial charge in [-0.3, -0.25) is 4.79 Å². The first-order valence-corrected chi connectivity index (χ1v) is 3.29. The van der Waals surface area contributed by atoms with Crippen LogP contribution in [0.25, 0.3) is 0 Å². The number of aliphatic hydroxyl groups is 4. The molecule has 0 radical (unpaired) electrons. The Morgan fingerprint density at radius 2 is 1.83 bits per heavy atom. The Kier molecular flexibility index (Phi) is 4.91. The smallest absolute Gasteiger partial charge is 0.189 e. The van der Waals surface area contributed by atoms with Gasteiger partial charge in [0.2, 0.25) is 0 Å². The maximum atomic E-state index is 12.6. The van der Waals surface area contributed by atoms with Crippen molar-refractivity contribution in [1.29, 1.82) is 0 Å². The van der Waals surface area contributed by atoms with Crippen LogP contribution in [0.5, 0.6) is 0 Å². The summed E-state index contributed by atoms with van der Waals surface area (Å²) in [6.45, 7) is -1.89. The van der Waals surface area contributed by atoms with E-state index in [0.717, 1.165) is 0 Å². The van der Waals surface area contributed by atoms with Gasteiger partial charge in [0.25, 0.3) is 0 Å². The molecular formula is C6H11FO5. The molecule has 0 saturated heterocycles. The Hall–Kier alpha value is -0.560. The molecule has 3 atom stereocenters. The summed E-state index contributed by atoms with van der Waals surface area (Å²) in [6.07, 6.45) is -6.16. The molecule has 3 unspecified atom stereocenters. The lowest BCUT2D eigenvalue weighted by atomic mass is 10.1. The second-order valence-corrected chi connectivity index (χ2v) is 2.26. The molecule has 0 aromatic rings. The van der Waals surface area contributed by atoms with E-state index >= 15 is 0 Å². The second-order valence-electron chi connectivity index (χ2n) is 2.26. The number of Topliss-reactive ketones (excluding diaryl/α,β-unsaturated/α-hetero) is 1. The number of aliphatic hydroxyl groups excluding tert-OH is 4. The molecule has 0 aliphatic carbocycles. The molecule has 0 amide bonds. The first-order chi connectivity index (χ1) is 5.54. The second kappa shape index (κ2) is 5.15. The van der Waals surface area contributed by atoms with E-state index in [1.807, 2.05) is 0 Å². The van der Waals surface area contributed by atoms with Gasteiger partial charge < -0.3 is 20.4 Å². The van der Waals surface area contributed by atoms with Crippen LogP contribution in [0.3, 0.4) is 0 Å². The Balaban J connectivity index is 4.08. The molecule has 12 heavy (non-hydrogen) atoms. The van der Waals surface area contributed by atoms with E-state index < -0.39 is 37.4 Å². The lowest BCUT2D eigenvalue weighted by Crippen LogP contribution is -2.42. The zero-order chi connectivity index (χ0) is 9.72. The number of rotatable bonds is 5. The highest BCUT2D eigenvalue weighted by atomic mass is 19.1. The summed E-state index contributed by atoms with van der Waals surface area (Å²) < 4.78 is 12.6. The maximum absolute atomic E-state index is 12.6. The van der Waals surface area contributed by atoms with Gasteiger partial charge in [-0.2, -0.15) is 0 Å². The van der Waals surface area contributed by atoms with E-state index in [9.17, 15) is 9.18 Å². The van der Waals surface area contributed by atoms with Crippen molar-refractivity contribution in [2.75, 3.05) is 13.2 Å². The maximum Gasteiger partial charge on any atom is 0.189 e. The normalized spacial score (nSPS) is 18.4. The number of hydrogen-bond donors (Lipinski definition) is 4. The SMILES string of the molecule is O=C(CO)C(O)C(F)C(O)CO. The van der Waals surface area contributed by atoms with Crippen LogP contribution in [0.4, 0.5) is 4.39 Å². The Morgan fingerprint density at radius 1 is 1.33 bits per heavy atom. The van der Waals surface area contributed by atoms with E-state index in [0.29, 0.717) is 0 Å². The average molecular weight is 182 g/mol. The Labute approximate surface area is 68.1 Å². The van der Waals surface area contributed by atoms with Crippen molar-refractivity contribution < 1.29 is 29.6 Å². The highest BCUT2D eigenvalue weighted by molar-refractivity contribution is 5.84. The van der Waals surface area contributed by atoms with Crippen molar-refractivity contribution in [3.63, 3.8) is 0 Å². The first-order valence-electron chi connectivity index (χ1n) is 3.29. The summed E-state index contributed by atoms with van der Waals surface area (Å²) in [4.78, 5) is 10.4. The third-order valence-corrected chi connectivity index (χ3v) is 1.34. The highest BCUT2D eigenvalue weighted by Gasteiger charge is 2.30. The van der Waals surface area contributed by atoms with Crippen LogP contribution in [0, 0.1) is 0 Å². The van der Waals surface area contributed by atoms with Crippen LogP contribution in [0.2, 0.25) is 0 Å². The predicted molar refractivity (Wildman–Crippen MR) is 36.1 cm³/mol. The minimum Gasteiger partial charge on any atom is -0.394 e. The van der Waals surface area contributed by atoms with Crippen molar-refractivity contribution in [2.45, 2.75) is 18.4 Å².